The number of amides is 1. The maximum atomic E-state index is 12.3. The third-order valence-corrected chi connectivity index (χ3v) is 4.10. The van der Waals surface area contributed by atoms with E-state index in [0.717, 1.165) is 17.8 Å². The molecule has 26 heavy (non-hydrogen) atoms. The molecule has 6 heteroatoms. The highest BCUT2D eigenvalue weighted by Gasteiger charge is 2.17. The number of nitrogens with one attached hydrogen (secondary N) is 1. The van der Waals surface area contributed by atoms with Gasteiger partial charge in [-0.2, -0.15) is 0 Å². The lowest BCUT2D eigenvalue weighted by molar-refractivity contribution is -0.120. The molecular weight excluding hydrogens is 332 g/mol. The molecule has 0 heterocycles. The summed E-state index contributed by atoms with van der Waals surface area (Å²) in [5.74, 6) is 1.50. The fraction of sp³-hybridized carbons (Fsp3) is 0.350. The van der Waals surface area contributed by atoms with Crippen LogP contribution in [0.25, 0.3) is 0 Å². The number of hydrogen-bond donors (Lipinski definition) is 1. The van der Waals surface area contributed by atoms with Crippen LogP contribution < -0.4 is 24.4 Å². The molecule has 0 atom stereocenters. The van der Waals surface area contributed by atoms with Crippen molar-refractivity contribution in [1.29, 1.82) is 0 Å². The van der Waals surface area contributed by atoms with Crippen molar-refractivity contribution in [2.75, 3.05) is 46.4 Å². The minimum Gasteiger partial charge on any atom is -0.493 e. The van der Waals surface area contributed by atoms with Crippen molar-refractivity contribution in [2.24, 2.45) is 0 Å². The van der Waals surface area contributed by atoms with Crippen LogP contribution in [0.5, 0.6) is 17.2 Å². The SMILES string of the molecule is COc1ccc(CC(=O)NCCN(C)c2ccccc2)c(OC)c1OC. The largest absolute Gasteiger partial charge is 0.493 e. The summed E-state index contributed by atoms with van der Waals surface area (Å²) < 4.78 is 16.0. The number of benzene rings is 2. The van der Waals surface area contributed by atoms with Crippen LogP contribution in [0.1, 0.15) is 5.56 Å². The molecular formula is C20H26N2O4. The Kier molecular flexibility index (Phi) is 7.14. The minimum atomic E-state index is -0.0722. The molecule has 0 aromatic heterocycles. The summed E-state index contributed by atoms with van der Waals surface area (Å²) in [7, 11) is 6.66. The van der Waals surface area contributed by atoms with Crippen molar-refractivity contribution in [2.45, 2.75) is 6.42 Å². The zero-order valence-electron chi connectivity index (χ0n) is 15.7. The van der Waals surface area contributed by atoms with Crippen molar-refractivity contribution in [3.63, 3.8) is 0 Å². The van der Waals surface area contributed by atoms with Gasteiger partial charge >= 0.3 is 0 Å². The number of carbonyl (C=O) groups is 1. The number of likely N-dealkylation sites (N-methyl/N-ethyl adjacent to an activating group) is 1. The smallest absolute Gasteiger partial charge is 0.224 e. The van der Waals surface area contributed by atoms with E-state index in [9.17, 15) is 4.79 Å². The number of para-hydroxylation sites is 1. The first kappa shape index (κ1) is 19.4. The van der Waals surface area contributed by atoms with Crippen molar-refractivity contribution in [3.05, 3.63) is 48.0 Å². The quantitative estimate of drug-likeness (QED) is 0.746. The van der Waals surface area contributed by atoms with Gasteiger partial charge in [-0.05, 0) is 18.2 Å². The fourth-order valence-electron chi connectivity index (χ4n) is 2.71. The second kappa shape index (κ2) is 9.56. The normalized spacial score (nSPS) is 10.2. The lowest BCUT2D eigenvalue weighted by Crippen LogP contribution is -2.33. The molecule has 6 nitrogen and oxygen atoms in total. The maximum Gasteiger partial charge on any atom is 0.224 e. The number of methoxy groups -OCH3 is 3. The number of carbonyl (C=O) groups excluding carboxylic acids is 1. The van der Waals surface area contributed by atoms with Gasteiger partial charge in [-0.25, -0.2) is 0 Å². The molecule has 0 bridgehead atoms. The molecule has 1 amide bonds. The van der Waals surface area contributed by atoms with Crippen LogP contribution in [-0.2, 0) is 11.2 Å². The molecule has 0 unspecified atom stereocenters. The summed E-state index contributed by atoms with van der Waals surface area (Å²) >= 11 is 0. The summed E-state index contributed by atoms with van der Waals surface area (Å²) in [5.41, 5.74) is 1.86. The van der Waals surface area contributed by atoms with Gasteiger partial charge in [-0.1, -0.05) is 24.3 Å². The molecule has 0 spiro atoms. The summed E-state index contributed by atoms with van der Waals surface area (Å²) in [5, 5.41) is 2.94. The first-order valence-corrected chi connectivity index (χ1v) is 8.41. The molecule has 0 aliphatic rings. The van der Waals surface area contributed by atoms with E-state index in [0.29, 0.717) is 23.8 Å². The number of ether oxygens (including phenoxy) is 3. The predicted octanol–water partition coefficient (Wildman–Crippen LogP) is 2.51. The van der Waals surface area contributed by atoms with E-state index in [-0.39, 0.29) is 12.3 Å². The molecule has 2 aromatic carbocycles. The van der Waals surface area contributed by atoms with Crippen LogP contribution in [0.3, 0.4) is 0 Å². The van der Waals surface area contributed by atoms with Gasteiger partial charge in [0, 0.05) is 31.4 Å². The third-order valence-electron chi connectivity index (χ3n) is 4.10. The Morgan fingerprint density at radius 2 is 1.65 bits per heavy atom. The molecule has 0 aliphatic carbocycles. The average Bonchev–Trinajstić information content (AvgIpc) is 2.67. The fourth-order valence-corrected chi connectivity index (χ4v) is 2.71. The molecule has 2 aromatic rings. The van der Waals surface area contributed by atoms with Gasteiger partial charge in [0.15, 0.2) is 11.5 Å². The van der Waals surface area contributed by atoms with Gasteiger partial charge in [0.1, 0.15) is 0 Å². The zero-order chi connectivity index (χ0) is 18.9. The molecule has 0 radical (unpaired) electrons. The van der Waals surface area contributed by atoms with E-state index in [1.807, 2.05) is 43.4 Å². The van der Waals surface area contributed by atoms with Gasteiger partial charge in [0.25, 0.3) is 0 Å². The molecule has 1 N–H and O–H groups in total. The molecule has 0 saturated heterocycles. The van der Waals surface area contributed by atoms with E-state index in [4.69, 9.17) is 14.2 Å². The van der Waals surface area contributed by atoms with Gasteiger partial charge in [-0.15, -0.1) is 0 Å². The maximum absolute atomic E-state index is 12.3. The highest BCUT2D eigenvalue weighted by molar-refractivity contribution is 5.80. The van der Waals surface area contributed by atoms with Crippen LogP contribution in [-0.4, -0.2) is 47.4 Å². The summed E-state index contributed by atoms with van der Waals surface area (Å²) in [6.07, 6.45) is 0.207. The van der Waals surface area contributed by atoms with Crippen LogP contribution >= 0.6 is 0 Å². The van der Waals surface area contributed by atoms with E-state index in [2.05, 4.69) is 10.2 Å². The summed E-state index contributed by atoms with van der Waals surface area (Å²) in [4.78, 5) is 14.4. The lowest BCUT2D eigenvalue weighted by Gasteiger charge is -2.19. The third kappa shape index (κ3) is 4.81. The predicted molar refractivity (Wildman–Crippen MR) is 103 cm³/mol. The van der Waals surface area contributed by atoms with E-state index in [1.54, 1.807) is 27.4 Å². The van der Waals surface area contributed by atoms with Gasteiger partial charge < -0.3 is 24.4 Å². The minimum absolute atomic E-state index is 0.0722. The van der Waals surface area contributed by atoms with Crippen molar-refractivity contribution < 1.29 is 19.0 Å². The lowest BCUT2D eigenvalue weighted by atomic mass is 10.1. The van der Waals surface area contributed by atoms with Crippen molar-refractivity contribution >= 4 is 11.6 Å². The highest BCUT2D eigenvalue weighted by Crippen LogP contribution is 2.39. The first-order chi connectivity index (χ1) is 12.6. The highest BCUT2D eigenvalue weighted by atomic mass is 16.5. The Morgan fingerprint density at radius 3 is 2.27 bits per heavy atom. The first-order valence-electron chi connectivity index (χ1n) is 8.41. The Balaban J connectivity index is 1.93. The van der Waals surface area contributed by atoms with E-state index < -0.39 is 0 Å². The van der Waals surface area contributed by atoms with Gasteiger partial charge in [0.05, 0.1) is 27.8 Å². The standard InChI is InChI=1S/C20H26N2O4/c1-22(16-8-6-5-7-9-16)13-12-21-18(23)14-15-10-11-17(24-2)20(26-4)19(15)25-3/h5-11H,12-14H2,1-4H3,(H,21,23). The van der Waals surface area contributed by atoms with Crippen molar-refractivity contribution in [1.82, 2.24) is 5.32 Å². The average molecular weight is 358 g/mol. The number of nitrogens with zero attached hydrogens (tertiary/aromatic N) is 1. The topological polar surface area (TPSA) is 60.0 Å². The monoisotopic (exact) mass is 358 g/mol. The molecule has 2 rings (SSSR count). The Labute approximate surface area is 154 Å². The molecule has 0 aliphatic heterocycles. The second-order valence-corrected chi connectivity index (χ2v) is 5.78. The Hall–Kier alpha value is -2.89. The molecule has 140 valence electrons. The molecule has 0 saturated carbocycles. The number of hydrogen-bond acceptors (Lipinski definition) is 5. The molecule has 0 fully saturated rings. The van der Waals surface area contributed by atoms with Crippen LogP contribution in [0.4, 0.5) is 5.69 Å². The Morgan fingerprint density at radius 1 is 0.962 bits per heavy atom. The van der Waals surface area contributed by atoms with Crippen LogP contribution in [0.15, 0.2) is 42.5 Å². The van der Waals surface area contributed by atoms with Gasteiger partial charge in [-0.3, -0.25) is 4.79 Å². The van der Waals surface area contributed by atoms with Crippen LogP contribution in [0.2, 0.25) is 0 Å². The zero-order valence-corrected chi connectivity index (χ0v) is 15.7. The van der Waals surface area contributed by atoms with E-state index >= 15 is 0 Å². The Bertz CT molecular complexity index is 719. The second-order valence-electron chi connectivity index (χ2n) is 5.78. The van der Waals surface area contributed by atoms with Crippen LogP contribution in [0, 0.1) is 0 Å². The summed E-state index contributed by atoms with van der Waals surface area (Å²) in [6.45, 7) is 1.28. The van der Waals surface area contributed by atoms with Crippen molar-refractivity contribution in [3.8, 4) is 17.2 Å². The number of anilines is 1. The number of rotatable bonds is 9. The van der Waals surface area contributed by atoms with Gasteiger partial charge in [0.2, 0.25) is 11.7 Å². The van der Waals surface area contributed by atoms with E-state index in [1.165, 1.54) is 0 Å². The summed E-state index contributed by atoms with van der Waals surface area (Å²) in [6, 6.07) is 13.6.